The van der Waals surface area contributed by atoms with Crippen LogP contribution < -0.4 is 16.0 Å². The van der Waals surface area contributed by atoms with Gasteiger partial charge in [0, 0.05) is 54.9 Å². The lowest BCUT2D eigenvalue weighted by atomic mass is 10.0. The predicted molar refractivity (Wildman–Crippen MR) is 140 cm³/mol. The second-order valence-corrected chi connectivity index (χ2v) is 10.2. The van der Waals surface area contributed by atoms with E-state index in [0.29, 0.717) is 17.2 Å². The SMILES string of the molecule is CNc1cccc(NC(=O)N2CCCC2c2cccc(C(=O)Nc3nc4c(s3)CN(C)CC4)c2)c1. The van der Waals surface area contributed by atoms with Crippen molar-refractivity contribution < 1.29 is 9.59 Å². The summed E-state index contributed by atoms with van der Waals surface area (Å²) in [6.07, 6.45) is 2.69. The highest BCUT2D eigenvalue weighted by molar-refractivity contribution is 7.15. The molecule has 1 unspecified atom stereocenters. The van der Waals surface area contributed by atoms with Gasteiger partial charge in [-0.1, -0.05) is 18.2 Å². The number of rotatable bonds is 5. The van der Waals surface area contributed by atoms with Crippen LogP contribution in [-0.2, 0) is 13.0 Å². The minimum absolute atomic E-state index is 0.0713. The molecule has 0 aliphatic carbocycles. The largest absolute Gasteiger partial charge is 0.388 e. The first-order valence-corrected chi connectivity index (χ1v) is 12.8. The molecule has 1 aromatic heterocycles. The molecular weight excluding hydrogens is 460 g/mol. The fraction of sp³-hybridized carbons (Fsp3) is 0.346. The Morgan fingerprint density at radius 3 is 2.74 bits per heavy atom. The van der Waals surface area contributed by atoms with E-state index >= 15 is 0 Å². The van der Waals surface area contributed by atoms with Gasteiger partial charge in [-0.2, -0.15) is 0 Å². The van der Waals surface area contributed by atoms with E-state index in [-0.39, 0.29) is 18.0 Å². The van der Waals surface area contributed by atoms with Crippen LogP contribution in [0.1, 0.15) is 45.4 Å². The average Bonchev–Trinajstić information content (AvgIpc) is 3.51. The molecule has 3 N–H and O–H groups in total. The van der Waals surface area contributed by atoms with Gasteiger partial charge in [0.25, 0.3) is 5.91 Å². The van der Waals surface area contributed by atoms with Gasteiger partial charge in [0.05, 0.1) is 11.7 Å². The van der Waals surface area contributed by atoms with Gasteiger partial charge in [-0.15, -0.1) is 11.3 Å². The zero-order valence-corrected chi connectivity index (χ0v) is 20.8. The van der Waals surface area contributed by atoms with E-state index < -0.39 is 0 Å². The smallest absolute Gasteiger partial charge is 0.322 e. The Morgan fingerprint density at radius 2 is 1.89 bits per heavy atom. The summed E-state index contributed by atoms with van der Waals surface area (Å²) in [5.74, 6) is -0.177. The van der Waals surface area contributed by atoms with Crippen molar-refractivity contribution in [2.75, 3.05) is 43.1 Å². The number of fused-ring (bicyclic) bond motifs is 1. The zero-order chi connectivity index (χ0) is 24.4. The standard InChI is InChI=1S/C26H30N6O2S/c1-27-19-8-4-9-20(15-19)28-26(34)32-12-5-10-22(32)17-6-3-7-18(14-17)24(33)30-25-29-21-11-13-31(2)16-23(21)35-25/h3-4,6-9,14-15,22,27H,5,10-13,16H2,1-2H3,(H,28,34)(H,29,30,33). The molecular formula is C26H30N6O2S. The molecule has 2 aliphatic heterocycles. The van der Waals surface area contributed by atoms with E-state index in [4.69, 9.17) is 0 Å². The van der Waals surface area contributed by atoms with Gasteiger partial charge in [-0.25, -0.2) is 9.78 Å². The minimum Gasteiger partial charge on any atom is -0.388 e. The number of likely N-dealkylation sites (tertiary alicyclic amines) is 1. The van der Waals surface area contributed by atoms with Crippen LogP contribution in [0.5, 0.6) is 0 Å². The normalized spacial score (nSPS) is 17.7. The van der Waals surface area contributed by atoms with Crippen LogP contribution in [0.2, 0.25) is 0 Å². The fourth-order valence-electron chi connectivity index (χ4n) is 4.74. The maximum Gasteiger partial charge on any atom is 0.322 e. The number of likely N-dealkylation sites (N-methyl/N-ethyl adjacent to an activating group) is 1. The molecule has 2 aromatic carbocycles. The summed E-state index contributed by atoms with van der Waals surface area (Å²) < 4.78 is 0. The number of nitrogens with one attached hydrogen (secondary N) is 3. The Hall–Kier alpha value is -3.43. The van der Waals surface area contributed by atoms with Gasteiger partial charge in [0.15, 0.2) is 5.13 Å². The van der Waals surface area contributed by atoms with Crippen molar-refractivity contribution in [2.24, 2.45) is 0 Å². The highest BCUT2D eigenvalue weighted by Crippen LogP contribution is 2.33. The number of benzene rings is 2. The van der Waals surface area contributed by atoms with E-state index in [9.17, 15) is 9.59 Å². The molecule has 3 aromatic rings. The molecule has 1 fully saturated rings. The first-order chi connectivity index (χ1) is 17.0. The second kappa shape index (κ2) is 10.1. The Balaban J connectivity index is 1.28. The van der Waals surface area contributed by atoms with Crippen LogP contribution in [0.3, 0.4) is 0 Å². The molecule has 5 rings (SSSR count). The van der Waals surface area contributed by atoms with Crippen LogP contribution >= 0.6 is 11.3 Å². The van der Waals surface area contributed by atoms with Gasteiger partial charge in [0.2, 0.25) is 0 Å². The second-order valence-electron chi connectivity index (χ2n) is 9.07. The number of anilines is 3. The molecule has 0 spiro atoms. The van der Waals surface area contributed by atoms with Crippen molar-refractivity contribution in [3.63, 3.8) is 0 Å². The fourth-order valence-corrected chi connectivity index (χ4v) is 5.82. The molecule has 9 heteroatoms. The van der Waals surface area contributed by atoms with Gasteiger partial charge in [-0.3, -0.25) is 10.1 Å². The van der Waals surface area contributed by atoms with Gasteiger partial charge < -0.3 is 20.4 Å². The molecule has 3 heterocycles. The number of hydrogen-bond acceptors (Lipinski definition) is 6. The third-order valence-electron chi connectivity index (χ3n) is 6.59. The molecule has 35 heavy (non-hydrogen) atoms. The van der Waals surface area contributed by atoms with Gasteiger partial charge in [-0.05, 0) is 55.8 Å². The number of carbonyl (C=O) groups excluding carboxylic acids is 2. The Morgan fingerprint density at radius 1 is 1.06 bits per heavy atom. The number of urea groups is 1. The Kier molecular flexibility index (Phi) is 6.70. The van der Waals surface area contributed by atoms with Crippen molar-refractivity contribution in [2.45, 2.75) is 31.8 Å². The van der Waals surface area contributed by atoms with Crippen LogP contribution in [0.25, 0.3) is 0 Å². The summed E-state index contributed by atoms with van der Waals surface area (Å²) in [6.45, 7) is 2.54. The maximum absolute atomic E-state index is 13.1. The number of hydrogen-bond donors (Lipinski definition) is 3. The van der Waals surface area contributed by atoms with Crippen LogP contribution in [0, 0.1) is 0 Å². The number of carbonyl (C=O) groups is 2. The summed E-state index contributed by atoms with van der Waals surface area (Å²) in [5, 5.41) is 9.72. The van der Waals surface area contributed by atoms with Crippen LogP contribution in [0.4, 0.5) is 21.3 Å². The lowest BCUT2D eigenvalue weighted by molar-refractivity contribution is 0.102. The molecule has 1 saturated heterocycles. The number of aromatic nitrogens is 1. The monoisotopic (exact) mass is 490 g/mol. The molecule has 0 bridgehead atoms. The Labute approximate surface area is 209 Å². The third-order valence-corrected chi connectivity index (χ3v) is 7.59. The van der Waals surface area contributed by atoms with E-state index in [2.05, 4.69) is 32.9 Å². The summed E-state index contributed by atoms with van der Waals surface area (Å²) >= 11 is 1.55. The number of amides is 3. The average molecular weight is 491 g/mol. The summed E-state index contributed by atoms with van der Waals surface area (Å²) in [4.78, 5) is 36.1. The van der Waals surface area contributed by atoms with E-state index in [1.54, 1.807) is 11.3 Å². The Bertz CT molecular complexity index is 1240. The van der Waals surface area contributed by atoms with Crippen LogP contribution in [0.15, 0.2) is 48.5 Å². The molecule has 8 nitrogen and oxygen atoms in total. The minimum atomic E-state index is -0.177. The van der Waals surface area contributed by atoms with E-state index in [0.717, 1.165) is 55.0 Å². The molecule has 0 saturated carbocycles. The number of nitrogens with zero attached hydrogens (tertiary/aromatic N) is 3. The van der Waals surface area contributed by atoms with Gasteiger partial charge in [0.1, 0.15) is 0 Å². The highest BCUT2D eigenvalue weighted by atomic mass is 32.1. The summed E-state index contributed by atoms with van der Waals surface area (Å²) in [6, 6.07) is 15.0. The topological polar surface area (TPSA) is 89.6 Å². The zero-order valence-electron chi connectivity index (χ0n) is 20.0. The number of thiazole rings is 1. The first-order valence-electron chi connectivity index (χ1n) is 11.9. The first kappa shape index (κ1) is 23.3. The quantitative estimate of drug-likeness (QED) is 0.478. The molecule has 3 amide bonds. The van der Waals surface area contributed by atoms with Crippen molar-refractivity contribution in [3.05, 3.63) is 70.2 Å². The maximum atomic E-state index is 13.1. The molecule has 2 aliphatic rings. The highest BCUT2D eigenvalue weighted by Gasteiger charge is 2.30. The third kappa shape index (κ3) is 5.16. The van der Waals surface area contributed by atoms with E-state index in [1.807, 2.05) is 60.5 Å². The van der Waals surface area contributed by atoms with Crippen molar-refractivity contribution >= 4 is 39.8 Å². The lowest BCUT2D eigenvalue weighted by Crippen LogP contribution is -2.34. The summed E-state index contributed by atoms with van der Waals surface area (Å²) in [5.41, 5.74) is 4.31. The summed E-state index contributed by atoms with van der Waals surface area (Å²) in [7, 11) is 3.94. The van der Waals surface area contributed by atoms with E-state index in [1.165, 1.54) is 4.88 Å². The van der Waals surface area contributed by atoms with Gasteiger partial charge >= 0.3 is 6.03 Å². The van der Waals surface area contributed by atoms with Crippen molar-refractivity contribution in [1.29, 1.82) is 0 Å². The molecule has 0 radical (unpaired) electrons. The lowest BCUT2D eigenvalue weighted by Gasteiger charge is -2.26. The van der Waals surface area contributed by atoms with Crippen molar-refractivity contribution in [3.8, 4) is 0 Å². The predicted octanol–water partition coefficient (Wildman–Crippen LogP) is 4.79. The molecule has 182 valence electrons. The van der Waals surface area contributed by atoms with Crippen LogP contribution in [-0.4, -0.2) is 53.9 Å². The van der Waals surface area contributed by atoms with Crippen molar-refractivity contribution in [1.82, 2.24) is 14.8 Å². The molecule has 1 atom stereocenters.